The molecule has 2 unspecified atom stereocenters. The summed E-state index contributed by atoms with van der Waals surface area (Å²) in [5, 5.41) is 3.22. The lowest BCUT2D eigenvalue weighted by Crippen LogP contribution is -2.43. The number of carbonyl (C=O) groups excluding carboxylic acids is 1. The smallest absolute Gasteiger partial charge is 0.239 e. The number of amides is 1. The molecule has 2 N–H and O–H groups in total. The molecule has 1 amide bonds. The molecule has 2 aromatic rings. The van der Waals surface area contributed by atoms with E-state index in [2.05, 4.69) is 25.3 Å². The van der Waals surface area contributed by atoms with Crippen molar-refractivity contribution in [3.05, 3.63) is 12.7 Å². The Bertz CT molecular complexity index is 725. The second-order valence-corrected chi connectivity index (χ2v) is 7.18. The number of likely N-dealkylation sites (N-methyl/N-ethyl adjacent to an activating group) is 1. The van der Waals surface area contributed by atoms with E-state index >= 15 is 0 Å². The van der Waals surface area contributed by atoms with Gasteiger partial charge < -0.3 is 15.2 Å². The van der Waals surface area contributed by atoms with Gasteiger partial charge in [0.15, 0.2) is 11.5 Å². The molecule has 2 heterocycles. The van der Waals surface area contributed by atoms with E-state index in [4.69, 9.17) is 0 Å². The van der Waals surface area contributed by atoms with Gasteiger partial charge >= 0.3 is 0 Å². The molecule has 128 valence electrons. The highest BCUT2D eigenvalue weighted by atomic mass is 16.2. The minimum absolute atomic E-state index is 0.0604. The largest absolute Gasteiger partial charge is 0.352 e. The van der Waals surface area contributed by atoms with Crippen molar-refractivity contribution in [2.75, 3.05) is 18.5 Å². The average molecular weight is 328 g/mol. The Morgan fingerprint density at radius 1 is 1.25 bits per heavy atom. The van der Waals surface area contributed by atoms with E-state index in [0.29, 0.717) is 17.5 Å². The van der Waals surface area contributed by atoms with Crippen molar-refractivity contribution in [1.29, 1.82) is 0 Å². The third-order valence-electron chi connectivity index (χ3n) is 5.31. The van der Waals surface area contributed by atoms with Gasteiger partial charge in [0.05, 0.1) is 12.9 Å². The molecule has 0 radical (unpaired) electrons. The minimum Gasteiger partial charge on any atom is -0.352 e. The Morgan fingerprint density at radius 3 is 2.96 bits per heavy atom. The van der Waals surface area contributed by atoms with Gasteiger partial charge in [0, 0.05) is 13.1 Å². The zero-order chi connectivity index (χ0) is 16.5. The number of aromatic nitrogens is 4. The van der Waals surface area contributed by atoms with E-state index in [-0.39, 0.29) is 12.5 Å². The molecule has 2 aromatic heterocycles. The average Bonchev–Trinajstić information content (AvgIpc) is 3.31. The molecule has 0 aliphatic heterocycles. The van der Waals surface area contributed by atoms with Gasteiger partial charge in [-0.25, -0.2) is 15.0 Å². The SMILES string of the molecule is CN(CC(=O)NC1CCCC(C2CC2)C1)c1ncnc2nc[nH]c12. The summed E-state index contributed by atoms with van der Waals surface area (Å²) in [6.45, 7) is 0.287. The Kier molecular flexibility index (Phi) is 4.08. The van der Waals surface area contributed by atoms with Crippen molar-refractivity contribution in [1.82, 2.24) is 25.3 Å². The van der Waals surface area contributed by atoms with Crippen LogP contribution in [-0.4, -0.2) is 45.5 Å². The number of rotatable bonds is 5. The van der Waals surface area contributed by atoms with E-state index in [1.807, 2.05) is 11.9 Å². The highest BCUT2D eigenvalue weighted by molar-refractivity contribution is 5.87. The van der Waals surface area contributed by atoms with E-state index < -0.39 is 0 Å². The van der Waals surface area contributed by atoms with E-state index in [1.54, 1.807) is 6.33 Å². The van der Waals surface area contributed by atoms with Gasteiger partial charge in [-0.2, -0.15) is 0 Å². The predicted octanol–water partition coefficient (Wildman–Crippen LogP) is 1.87. The summed E-state index contributed by atoms with van der Waals surface area (Å²) in [6.07, 6.45) is 10.7. The van der Waals surface area contributed by atoms with Crippen LogP contribution >= 0.6 is 0 Å². The van der Waals surface area contributed by atoms with Crippen LogP contribution in [0.25, 0.3) is 11.2 Å². The van der Waals surface area contributed by atoms with Crippen LogP contribution in [-0.2, 0) is 4.79 Å². The molecule has 0 bridgehead atoms. The molecule has 2 fully saturated rings. The molecule has 0 aromatic carbocycles. The van der Waals surface area contributed by atoms with Crippen LogP contribution in [0.1, 0.15) is 38.5 Å². The molecule has 7 heteroatoms. The van der Waals surface area contributed by atoms with Crippen LogP contribution in [0.5, 0.6) is 0 Å². The van der Waals surface area contributed by atoms with Crippen LogP contribution in [0, 0.1) is 11.8 Å². The van der Waals surface area contributed by atoms with Gasteiger partial charge in [0.1, 0.15) is 11.8 Å². The zero-order valence-corrected chi connectivity index (χ0v) is 14.0. The number of H-pyrrole nitrogens is 1. The van der Waals surface area contributed by atoms with Gasteiger partial charge in [0.2, 0.25) is 5.91 Å². The summed E-state index contributed by atoms with van der Waals surface area (Å²) >= 11 is 0. The normalized spacial score (nSPS) is 24.0. The number of carbonyl (C=O) groups is 1. The van der Waals surface area contributed by atoms with Crippen LogP contribution in [0.3, 0.4) is 0 Å². The van der Waals surface area contributed by atoms with E-state index in [0.717, 1.165) is 30.2 Å². The Morgan fingerprint density at radius 2 is 2.12 bits per heavy atom. The predicted molar refractivity (Wildman–Crippen MR) is 91.6 cm³/mol. The molecule has 4 rings (SSSR count). The summed E-state index contributed by atoms with van der Waals surface area (Å²) in [7, 11) is 1.87. The number of nitrogens with zero attached hydrogens (tertiary/aromatic N) is 4. The van der Waals surface area contributed by atoms with Gasteiger partial charge in [0.25, 0.3) is 0 Å². The number of imidazole rings is 1. The first kappa shape index (κ1) is 15.4. The third-order valence-corrected chi connectivity index (χ3v) is 5.31. The number of aromatic amines is 1. The van der Waals surface area contributed by atoms with Crippen molar-refractivity contribution in [2.24, 2.45) is 11.8 Å². The van der Waals surface area contributed by atoms with Crippen molar-refractivity contribution in [3.63, 3.8) is 0 Å². The lowest BCUT2D eigenvalue weighted by Gasteiger charge is -2.30. The second-order valence-electron chi connectivity index (χ2n) is 7.18. The molecule has 2 aliphatic carbocycles. The van der Waals surface area contributed by atoms with Crippen molar-refractivity contribution in [2.45, 2.75) is 44.6 Å². The zero-order valence-electron chi connectivity index (χ0n) is 14.0. The summed E-state index contributed by atoms with van der Waals surface area (Å²) in [6, 6.07) is 0.336. The lowest BCUT2D eigenvalue weighted by molar-refractivity contribution is -0.120. The maximum absolute atomic E-state index is 12.4. The fourth-order valence-electron chi connectivity index (χ4n) is 3.96. The topological polar surface area (TPSA) is 86.8 Å². The maximum Gasteiger partial charge on any atom is 0.239 e. The molecule has 2 saturated carbocycles. The monoisotopic (exact) mass is 328 g/mol. The van der Waals surface area contributed by atoms with E-state index in [9.17, 15) is 4.79 Å². The molecule has 7 nitrogen and oxygen atoms in total. The Labute approximate surface area is 141 Å². The standard InChI is InChI=1S/C17H24N6O/c1-23(17-15-16(19-9-18-15)20-10-21-17)8-14(24)22-13-4-2-3-12(7-13)11-5-6-11/h9-13H,2-8H2,1H3,(H,22,24)(H,18,19,20,21). The van der Waals surface area contributed by atoms with Crippen LogP contribution in [0.4, 0.5) is 5.82 Å². The maximum atomic E-state index is 12.4. The first-order chi connectivity index (χ1) is 11.7. The van der Waals surface area contributed by atoms with E-state index in [1.165, 1.54) is 32.0 Å². The second kappa shape index (κ2) is 6.37. The summed E-state index contributed by atoms with van der Waals surface area (Å²) < 4.78 is 0. The number of fused-ring (bicyclic) bond motifs is 1. The molecule has 2 atom stereocenters. The summed E-state index contributed by atoms with van der Waals surface area (Å²) in [5.41, 5.74) is 1.38. The third kappa shape index (κ3) is 3.20. The van der Waals surface area contributed by atoms with Crippen LogP contribution in [0.15, 0.2) is 12.7 Å². The molecule has 24 heavy (non-hydrogen) atoms. The van der Waals surface area contributed by atoms with Crippen LogP contribution < -0.4 is 10.2 Å². The molecular formula is C17H24N6O. The minimum atomic E-state index is 0.0604. The highest BCUT2D eigenvalue weighted by Gasteiger charge is 2.35. The van der Waals surface area contributed by atoms with Crippen molar-refractivity contribution in [3.8, 4) is 0 Å². The van der Waals surface area contributed by atoms with Gasteiger partial charge in [-0.3, -0.25) is 4.79 Å². The number of hydrogen-bond donors (Lipinski definition) is 2. The molecule has 0 saturated heterocycles. The first-order valence-corrected chi connectivity index (χ1v) is 8.85. The van der Waals surface area contributed by atoms with Crippen molar-refractivity contribution >= 4 is 22.9 Å². The quantitative estimate of drug-likeness (QED) is 0.875. The number of hydrogen-bond acceptors (Lipinski definition) is 5. The molecule has 0 spiro atoms. The van der Waals surface area contributed by atoms with Gasteiger partial charge in [-0.15, -0.1) is 0 Å². The van der Waals surface area contributed by atoms with Crippen LogP contribution in [0.2, 0.25) is 0 Å². The Hall–Kier alpha value is -2.18. The number of anilines is 1. The highest BCUT2D eigenvalue weighted by Crippen LogP contribution is 2.43. The fourth-order valence-corrected chi connectivity index (χ4v) is 3.96. The Balaban J connectivity index is 1.36. The molecular weight excluding hydrogens is 304 g/mol. The summed E-state index contributed by atoms with van der Waals surface area (Å²) in [5.74, 6) is 2.52. The first-order valence-electron chi connectivity index (χ1n) is 8.85. The summed E-state index contributed by atoms with van der Waals surface area (Å²) in [4.78, 5) is 29.8. The molecule has 2 aliphatic rings. The van der Waals surface area contributed by atoms with Gasteiger partial charge in [-0.05, 0) is 37.5 Å². The number of nitrogens with one attached hydrogen (secondary N) is 2. The van der Waals surface area contributed by atoms with Gasteiger partial charge in [-0.1, -0.05) is 12.8 Å². The lowest BCUT2D eigenvalue weighted by atomic mass is 9.83. The van der Waals surface area contributed by atoms with Crippen molar-refractivity contribution < 1.29 is 4.79 Å². The fraction of sp³-hybridized carbons (Fsp3) is 0.647.